The number of hydrogen-bond acceptors (Lipinski definition) is 2. The molecule has 0 spiro atoms. The van der Waals surface area contributed by atoms with Crippen LogP contribution in [0.4, 0.5) is 13.2 Å². The quantitative estimate of drug-likeness (QED) is 0.751. The number of ether oxygens (including phenoxy) is 2. The van der Waals surface area contributed by atoms with Crippen molar-refractivity contribution in [3.8, 4) is 5.75 Å². The Morgan fingerprint density at radius 2 is 1.75 bits per heavy atom. The molecular formula is C14H16BrF3O2. The summed E-state index contributed by atoms with van der Waals surface area (Å²) < 4.78 is 45.5. The Labute approximate surface area is 124 Å². The first-order chi connectivity index (χ1) is 9.42. The highest BCUT2D eigenvalue weighted by molar-refractivity contribution is 9.09. The Morgan fingerprint density at radius 1 is 1.15 bits per heavy atom. The summed E-state index contributed by atoms with van der Waals surface area (Å²) in [6, 6.07) is 6.12. The second-order valence-electron chi connectivity index (χ2n) is 5.11. The number of benzene rings is 1. The topological polar surface area (TPSA) is 18.5 Å². The molecule has 0 bridgehead atoms. The summed E-state index contributed by atoms with van der Waals surface area (Å²) in [7, 11) is 0. The van der Waals surface area contributed by atoms with Crippen LogP contribution in [0.3, 0.4) is 0 Å². The highest BCUT2D eigenvalue weighted by atomic mass is 79.9. The van der Waals surface area contributed by atoms with Crippen LogP contribution in [-0.4, -0.2) is 24.9 Å². The van der Waals surface area contributed by atoms with E-state index in [4.69, 9.17) is 4.74 Å². The van der Waals surface area contributed by atoms with Gasteiger partial charge in [0.25, 0.3) is 0 Å². The monoisotopic (exact) mass is 352 g/mol. The van der Waals surface area contributed by atoms with Gasteiger partial charge >= 0.3 is 6.36 Å². The van der Waals surface area contributed by atoms with E-state index in [0.29, 0.717) is 0 Å². The zero-order valence-electron chi connectivity index (χ0n) is 10.9. The zero-order chi connectivity index (χ0) is 14.6. The van der Waals surface area contributed by atoms with Crippen molar-refractivity contribution in [2.75, 3.05) is 18.5 Å². The van der Waals surface area contributed by atoms with Gasteiger partial charge in [-0.1, -0.05) is 28.1 Å². The van der Waals surface area contributed by atoms with E-state index in [1.54, 1.807) is 12.1 Å². The first kappa shape index (κ1) is 15.6. The minimum Gasteiger partial charge on any atom is -0.406 e. The lowest BCUT2D eigenvalue weighted by atomic mass is 9.77. The van der Waals surface area contributed by atoms with Gasteiger partial charge in [-0.25, -0.2) is 0 Å². The van der Waals surface area contributed by atoms with Gasteiger partial charge < -0.3 is 9.47 Å². The Balaban J connectivity index is 2.02. The molecule has 0 unspecified atom stereocenters. The third-order valence-corrected chi connectivity index (χ3v) is 4.76. The molecule has 0 aromatic heterocycles. The second kappa shape index (κ2) is 6.35. The van der Waals surface area contributed by atoms with Crippen LogP contribution in [0.5, 0.6) is 5.75 Å². The van der Waals surface area contributed by atoms with E-state index in [1.807, 2.05) is 0 Å². The van der Waals surface area contributed by atoms with Crippen LogP contribution in [0.15, 0.2) is 24.3 Å². The summed E-state index contributed by atoms with van der Waals surface area (Å²) in [6.07, 6.45) is -1.90. The lowest BCUT2D eigenvalue weighted by Gasteiger charge is -2.35. The molecule has 0 aliphatic carbocycles. The number of halogens is 4. The van der Waals surface area contributed by atoms with Crippen molar-refractivity contribution in [2.24, 2.45) is 5.41 Å². The molecule has 0 amide bonds. The summed E-state index contributed by atoms with van der Waals surface area (Å²) in [4.78, 5) is 0. The molecule has 1 fully saturated rings. The molecule has 2 nitrogen and oxygen atoms in total. The molecule has 2 rings (SSSR count). The first-order valence-electron chi connectivity index (χ1n) is 6.41. The molecular weight excluding hydrogens is 337 g/mol. The number of hydrogen-bond donors (Lipinski definition) is 0. The van der Waals surface area contributed by atoms with Crippen molar-refractivity contribution in [3.63, 3.8) is 0 Å². The molecule has 1 heterocycles. The van der Waals surface area contributed by atoms with Crippen molar-refractivity contribution < 1.29 is 22.6 Å². The number of rotatable bonds is 4. The van der Waals surface area contributed by atoms with Crippen molar-refractivity contribution >= 4 is 15.9 Å². The summed E-state index contributed by atoms with van der Waals surface area (Å²) in [5, 5.41) is 0.865. The van der Waals surface area contributed by atoms with Crippen molar-refractivity contribution in [1.82, 2.24) is 0 Å². The van der Waals surface area contributed by atoms with Crippen LogP contribution in [0.2, 0.25) is 0 Å². The largest absolute Gasteiger partial charge is 0.573 e. The van der Waals surface area contributed by atoms with E-state index in [2.05, 4.69) is 20.7 Å². The van der Waals surface area contributed by atoms with Crippen LogP contribution >= 0.6 is 15.9 Å². The van der Waals surface area contributed by atoms with E-state index in [0.717, 1.165) is 43.4 Å². The lowest BCUT2D eigenvalue weighted by Crippen LogP contribution is -2.33. The standard InChI is InChI=1S/C14H16BrF3O2/c15-10-13(5-7-19-8-6-13)9-11-1-3-12(4-2-11)20-14(16,17)18/h1-4H,5-10H2. The maximum absolute atomic E-state index is 12.1. The van der Waals surface area contributed by atoms with E-state index in [9.17, 15) is 13.2 Å². The minimum atomic E-state index is -4.64. The van der Waals surface area contributed by atoms with Gasteiger partial charge in [0.05, 0.1) is 0 Å². The molecule has 1 aliphatic heterocycles. The lowest BCUT2D eigenvalue weighted by molar-refractivity contribution is -0.274. The van der Waals surface area contributed by atoms with Gasteiger partial charge in [-0.15, -0.1) is 13.2 Å². The molecule has 0 radical (unpaired) electrons. The van der Waals surface area contributed by atoms with Gasteiger partial charge in [-0.2, -0.15) is 0 Å². The fraction of sp³-hybridized carbons (Fsp3) is 0.571. The SMILES string of the molecule is FC(F)(F)Oc1ccc(CC2(CBr)CCOCC2)cc1. The molecule has 0 saturated carbocycles. The smallest absolute Gasteiger partial charge is 0.406 e. The molecule has 112 valence electrons. The van der Waals surface area contributed by atoms with Gasteiger partial charge in [-0.3, -0.25) is 0 Å². The highest BCUT2D eigenvalue weighted by Crippen LogP contribution is 2.36. The Morgan fingerprint density at radius 3 is 2.25 bits per heavy atom. The van der Waals surface area contributed by atoms with Crippen LogP contribution in [0.25, 0.3) is 0 Å². The van der Waals surface area contributed by atoms with E-state index in [1.165, 1.54) is 12.1 Å². The Bertz CT molecular complexity index is 425. The van der Waals surface area contributed by atoms with Gasteiger partial charge in [0, 0.05) is 18.5 Å². The molecule has 1 aromatic rings. The summed E-state index contributed by atoms with van der Waals surface area (Å²) in [5.74, 6) is -0.180. The second-order valence-corrected chi connectivity index (χ2v) is 5.68. The minimum absolute atomic E-state index is 0.130. The van der Waals surface area contributed by atoms with Crippen LogP contribution < -0.4 is 4.74 Å². The van der Waals surface area contributed by atoms with Crippen LogP contribution in [-0.2, 0) is 11.2 Å². The van der Waals surface area contributed by atoms with E-state index in [-0.39, 0.29) is 11.2 Å². The van der Waals surface area contributed by atoms with Crippen molar-refractivity contribution in [2.45, 2.75) is 25.6 Å². The molecule has 1 aromatic carbocycles. The van der Waals surface area contributed by atoms with Crippen molar-refractivity contribution in [1.29, 1.82) is 0 Å². The third-order valence-electron chi connectivity index (χ3n) is 3.57. The summed E-state index contributed by atoms with van der Waals surface area (Å²) >= 11 is 3.55. The third kappa shape index (κ3) is 4.38. The van der Waals surface area contributed by atoms with Crippen LogP contribution in [0, 0.1) is 5.41 Å². The van der Waals surface area contributed by atoms with Gasteiger partial charge in [0.2, 0.25) is 0 Å². The normalized spacial score (nSPS) is 18.8. The van der Waals surface area contributed by atoms with Gasteiger partial charge in [0.1, 0.15) is 5.75 Å². The van der Waals surface area contributed by atoms with E-state index >= 15 is 0 Å². The molecule has 0 N–H and O–H groups in total. The van der Waals surface area contributed by atoms with E-state index < -0.39 is 6.36 Å². The Kier molecular flexibility index (Phi) is 4.96. The average Bonchev–Trinajstić information content (AvgIpc) is 2.40. The molecule has 1 saturated heterocycles. The first-order valence-corrected chi connectivity index (χ1v) is 7.53. The summed E-state index contributed by atoms with van der Waals surface area (Å²) in [5.41, 5.74) is 1.14. The number of alkyl halides is 4. The fourth-order valence-corrected chi connectivity index (χ4v) is 3.16. The maximum Gasteiger partial charge on any atom is 0.573 e. The van der Waals surface area contributed by atoms with Crippen molar-refractivity contribution in [3.05, 3.63) is 29.8 Å². The summed E-state index contributed by atoms with van der Waals surface area (Å²) in [6.45, 7) is 1.47. The predicted octanol–water partition coefficient (Wildman–Crippen LogP) is 4.32. The molecule has 6 heteroatoms. The van der Waals surface area contributed by atoms with Gasteiger partial charge in [0.15, 0.2) is 0 Å². The zero-order valence-corrected chi connectivity index (χ0v) is 12.5. The highest BCUT2D eigenvalue weighted by Gasteiger charge is 2.32. The maximum atomic E-state index is 12.1. The average molecular weight is 353 g/mol. The molecule has 20 heavy (non-hydrogen) atoms. The molecule has 0 atom stereocenters. The Hall–Kier alpha value is -0.750. The molecule has 1 aliphatic rings. The predicted molar refractivity (Wildman–Crippen MR) is 73.1 cm³/mol. The fourth-order valence-electron chi connectivity index (χ4n) is 2.40. The van der Waals surface area contributed by atoms with Gasteiger partial charge in [-0.05, 0) is 42.4 Å². The van der Waals surface area contributed by atoms with Crippen LogP contribution in [0.1, 0.15) is 18.4 Å².